The molecule has 2 heterocycles. The molecular formula is C22H22N2O3S. The van der Waals surface area contributed by atoms with Gasteiger partial charge < -0.3 is 9.64 Å². The molecule has 0 saturated carbocycles. The molecule has 28 heavy (non-hydrogen) atoms. The van der Waals surface area contributed by atoms with Crippen LogP contribution in [0.3, 0.4) is 0 Å². The molecular weight excluding hydrogens is 372 g/mol. The van der Waals surface area contributed by atoms with Crippen molar-refractivity contribution in [2.45, 2.75) is 18.4 Å². The van der Waals surface area contributed by atoms with Gasteiger partial charge in [-0.3, -0.25) is 14.5 Å². The fourth-order valence-corrected chi connectivity index (χ4v) is 4.35. The number of nitrogens with zero attached hydrogens (tertiary/aromatic N) is 2. The molecule has 0 atom stereocenters. The van der Waals surface area contributed by atoms with Crippen LogP contribution in [0.15, 0.2) is 70.1 Å². The first-order chi connectivity index (χ1) is 13.6. The highest BCUT2D eigenvalue weighted by Crippen LogP contribution is 2.37. The molecule has 0 spiro atoms. The van der Waals surface area contributed by atoms with Gasteiger partial charge in [-0.1, -0.05) is 59.8 Å². The smallest absolute Gasteiger partial charge is 0.278 e. The average Bonchev–Trinajstić information content (AvgIpc) is 2.95. The lowest BCUT2D eigenvalue weighted by Crippen LogP contribution is -2.40. The number of amides is 2. The van der Waals surface area contributed by atoms with Crippen LogP contribution in [0.1, 0.15) is 11.1 Å². The second-order valence-corrected chi connectivity index (χ2v) is 7.96. The Morgan fingerprint density at radius 3 is 2.29 bits per heavy atom. The number of carbonyl (C=O) groups excluding carboxylic acids is 2. The molecule has 4 rings (SSSR count). The van der Waals surface area contributed by atoms with E-state index in [9.17, 15) is 9.59 Å². The second kappa shape index (κ2) is 8.20. The number of imide groups is 1. The van der Waals surface area contributed by atoms with E-state index in [1.54, 1.807) is 0 Å². The number of carbonyl (C=O) groups is 2. The average molecular weight is 394 g/mol. The molecule has 2 aliphatic rings. The summed E-state index contributed by atoms with van der Waals surface area (Å²) in [6.07, 6.45) is 0. The van der Waals surface area contributed by atoms with E-state index in [0.717, 1.165) is 16.0 Å². The first kappa shape index (κ1) is 18.8. The van der Waals surface area contributed by atoms with E-state index >= 15 is 0 Å². The molecule has 144 valence electrons. The van der Waals surface area contributed by atoms with Gasteiger partial charge in [-0.15, -0.1) is 0 Å². The van der Waals surface area contributed by atoms with Gasteiger partial charge in [0.1, 0.15) is 10.6 Å². The Morgan fingerprint density at radius 1 is 0.929 bits per heavy atom. The van der Waals surface area contributed by atoms with E-state index in [4.69, 9.17) is 4.74 Å². The second-order valence-electron chi connectivity index (χ2n) is 6.87. The highest BCUT2D eigenvalue weighted by Gasteiger charge is 2.41. The van der Waals surface area contributed by atoms with Crippen molar-refractivity contribution in [1.82, 2.24) is 9.80 Å². The molecule has 6 heteroatoms. The number of hydrogen-bond acceptors (Lipinski definition) is 5. The molecule has 0 aliphatic carbocycles. The maximum atomic E-state index is 13.2. The largest absolute Gasteiger partial charge is 0.378 e. The Morgan fingerprint density at radius 2 is 1.61 bits per heavy atom. The summed E-state index contributed by atoms with van der Waals surface area (Å²) in [7, 11) is 0. The summed E-state index contributed by atoms with van der Waals surface area (Å²) in [5.41, 5.74) is 2.60. The first-order valence-electron chi connectivity index (χ1n) is 9.35. The van der Waals surface area contributed by atoms with Crippen LogP contribution in [0.5, 0.6) is 0 Å². The summed E-state index contributed by atoms with van der Waals surface area (Å²) in [6.45, 7) is 4.66. The summed E-state index contributed by atoms with van der Waals surface area (Å²) < 4.78 is 5.43. The van der Waals surface area contributed by atoms with Crippen molar-refractivity contribution in [3.63, 3.8) is 0 Å². The van der Waals surface area contributed by atoms with Crippen LogP contribution in [0.25, 0.3) is 0 Å². The number of morpholine rings is 1. The number of benzene rings is 2. The van der Waals surface area contributed by atoms with Crippen LogP contribution in [0.2, 0.25) is 0 Å². The third kappa shape index (κ3) is 3.84. The molecule has 2 aliphatic heterocycles. The lowest BCUT2D eigenvalue weighted by molar-refractivity contribution is -0.138. The predicted octanol–water partition coefficient (Wildman–Crippen LogP) is 3.20. The van der Waals surface area contributed by atoms with Crippen LogP contribution in [-0.2, 0) is 20.9 Å². The van der Waals surface area contributed by atoms with Crippen molar-refractivity contribution in [3.8, 4) is 0 Å². The molecule has 2 aromatic carbocycles. The van der Waals surface area contributed by atoms with Crippen molar-refractivity contribution in [1.29, 1.82) is 0 Å². The number of thioether (sulfide) groups is 1. The number of rotatable bonds is 5. The van der Waals surface area contributed by atoms with Gasteiger partial charge in [-0.05, 0) is 24.6 Å². The minimum atomic E-state index is -0.221. The third-order valence-electron chi connectivity index (χ3n) is 4.85. The lowest BCUT2D eigenvalue weighted by atomic mass is 10.2. The fourth-order valence-electron chi connectivity index (χ4n) is 3.33. The zero-order valence-corrected chi connectivity index (χ0v) is 16.6. The number of aryl methyl sites for hydroxylation is 1. The summed E-state index contributed by atoms with van der Waals surface area (Å²) in [6, 6.07) is 17.6. The van der Waals surface area contributed by atoms with Crippen molar-refractivity contribution in [3.05, 3.63) is 76.3 Å². The normalized spacial score (nSPS) is 17.6. The molecule has 0 aromatic heterocycles. The lowest BCUT2D eigenvalue weighted by Gasteiger charge is -2.29. The molecule has 0 N–H and O–H groups in total. The van der Waals surface area contributed by atoms with Crippen molar-refractivity contribution < 1.29 is 14.3 Å². The molecule has 0 unspecified atom stereocenters. The van der Waals surface area contributed by atoms with Crippen LogP contribution in [0.4, 0.5) is 0 Å². The molecule has 2 amide bonds. The minimum absolute atomic E-state index is 0.217. The third-order valence-corrected chi connectivity index (χ3v) is 5.93. The molecule has 0 radical (unpaired) electrons. The van der Waals surface area contributed by atoms with E-state index in [1.165, 1.54) is 16.7 Å². The van der Waals surface area contributed by atoms with Gasteiger partial charge in [0.05, 0.1) is 19.8 Å². The van der Waals surface area contributed by atoms with Gasteiger partial charge in [0.25, 0.3) is 11.8 Å². The topological polar surface area (TPSA) is 49.9 Å². The zero-order chi connectivity index (χ0) is 19.5. The van der Waals surface area contributed by atoms with Gasteiger partial charge in [0.15, 0.2) is 0 Å². The van der Waals surface area contributed by atoms with Crippen LogP contribution in [-0.4, -0.2) is 47.9 Å². The number of ether oxygens (including phenoxy) is 1. The maximum absolute atomic E-state index is 13.2. The van der Waals surface area contributed by atoms with E-state index in [1.807, 2.05) is 66.4 Å². The SMILES string of the molecule is Cc1ccc(SC2=C(N3CCOCC3)C(=O)N(Cc3ccccc3)C2=O)cc1. The van der Waals surface area contributed by atoms with Crippen LogP contribution < -0.4 is 0 Å². The Balaban J connectivity index is 1.66. The van der Waals surface area contributed by atoms with E-state index in [2.05, 4.69) is 0 Å². The van der Waals surface area contributed by atoms with Gasteiger partial charge in [-0.2, -0.15) is 0 Å². The molecule has 0 bridgehead atoms. The summed E-state index contributed by atoms with van der Waals surface area (Å²) in [4.78, 5) is 31.2. The van der Waals surface area contributed by atoms with Crippen molar-refractivity contribution >= 4 is 23.6 Å². The van der Waals surface area contributed by atoms with Crippen molar-refractivity contribution in [2.75, 3.05) is 26.3 Å². The van der Waals surface area contributed by atoms with Gasteiger partial charge in [-0.25, -0.2) is 0 Å². The highest BCUT2D eigenvalue weighted by molar-refractivity contribution is 8.04. The molecule has 1 saturated heterocycles. The standard InChI is InChI=1S/C22H22N2O3S/c1-16-7-9-18(10-8-16)28-20-19(23-11-13-27-14-12-23)21(25)24(22(20)26)15-17-5-3-2-4-6-17/h2-10H,11-15H2,1H3. The Kier molecular flexibility index (Phi) is 5.50. The quantitative estimate of drug-likeness (QED) is 0.729. The van der Waals surface area contributed by atoms with Gasteiger partial charge in [0, 0.05) is 18.0 Å². The van der Waals surface area contributed by atoms with E-state index < -0.39 is 0 Å². The summed E-state index contributed by atoms with van der Waals surface area (Å²) in [5.74, 6) is -0.439. The Bertz CT molecular complexity index is 903. The maximum Gasteiger partial charge on any atom is 0.278 e. The number of hydrogen-bond donors (Lipinski definition) is 0. The first-order valence-corrected chi connectivity index (χ1v) is 10.2. The Labute approximate surface area is 169 Å². The minimum Gasteiger partial charge on any atom is -0.378 e. The van der Waals surface area contributed by atoms with Crippen LogP contribution >= 0.6 is 11.8 Å². The molecule has 2 aromatic rings. The Hall–Kier alpha value is -2.57. The highest BCUT2D eigenvalue weighted by atomic mass is 32.2. The van der Waals surface area contributed by atoms with Crippen molar-refractivity contribution in [2.24, 2.45) is 0 Å². The molecule has 5 nitrogen and oxygen atoms in total. The predicted molar refractivity (Wildman–Crippen MR) is 108 cm³/mol. The fraction of sp³-hybridized carbons (Fsp3) is 0.273. The van der Waals surface area contributed by atoms with E-state index in [-0.39, 0.29) is 18.4 Å². The van der Waals surface area contributed by atoms with Gasteiger partial charge >= 0.3 is 0 Å². The zero-order valence-electron chi connectivity index (χ0n) is 15.8. The van der Waals surface area contributed by atoms with Gasteiger partial charge in [0.2, 0.25) is 0 Å². The monoisotopic (exact) mass is 394 g/mol. The molecule has 1 fully saturated rings. The summed E-state index contributed by atoms with van der Waals surface area (Å²) in [5, 5.41) is 0. The summed E-state index contributed by atoms with van der Waals surface area (Å²) >= 11 is 1.37. The van der Waals surface area contributed by atoms with Crippen LogP contribution in [0, 0.1) is 6.92 Å². The van der Waals surface area contributed by atoms with E-state index in [0.29, 0.717) is 36.9 Å².